The summed E-state index contributed by atoms with van der Waals surface area (Å²) in [5, 5.41) is 15.5. The van der Waals surface area contributed by atoms with Crippen LogP contribution in [0.4, 0.5) is 5.00 Å². The molecule has 8 nitrogen and oxygen atoms in total. The Bertz CT molecular complexity index is 1230. The van der Waals surface area contributed by atoms with Crippen molar-refractivity contribution in [2.75, 3.05) is 32.2 Å². The fourth-order valence-electron chi connectivity index (χ4n) is 2.96. The zero-order chi connectivity index (χ0) is 24.5. The molecule has 2 aromatic heterocycles. The highest BCUT2D eigenvalue weighted by Crippen LogP contribution is 2.35. The van der Waals surface area contributed by atoms with Crippen LogP contribution in [-0.4, -0.2) is 43.9 Å². The number of nitrogens with zero attached hydrogens (tertiary/aromatic N) is 2. The number of benzene rings is 1. The maximum absolute atomic E-state index is 12.6. The molecule has 10 heteroatoms. The Morgan fingerprint density at radius 2 is 1.94 bits per heavy atom. The summed E-state index contributed by atoms with van der Waals surface area (Å²) in [4.78, 5) is 29.9. The molecule has 0 aliphatic heterocycles. The van der Waals surface area contributed by atoms with Gasteiger partial charge in [-0.3, -0.25) is 0 Å². The van der Waals surface area contributed by atoms with Gasteiger partial charge in [-0.2, -0.15) is 5.26 Å². The van der Waals surface area contributed by atoms with Crippen LogP contribution in [0, 0.1) is 18.3 Å². The lowest BCUT2D eigenvalue weighted by molar-refractivity contribution is 0.0393. The average Bonchev–Trinajstić information content (AvgIpc) is 3.45. The number of carbonyl (C=O) groups is 2. The van der Waals surface area contributed by atoms with Gasteiger partial charge < -0.3 is 19.5 Å². The van der Waals surface area contributed by atoms with Gasteiger partial charge in [-0.25, -0.2) is 14.6 Å². The Balaban J connectivity index is 1.90. The highest BCUT2D eigenvalue weighted by Gasteiger charge is 2.26. The van der Waals surface area contributed by atoms with E-state index in [9.17, 15) is 14.9 Å². The summed E-state index contributed by atoms with van der Waals surface area (Å²) in [5.41, 5.74) is 2.67. The minimum atomic E-state index is -0.567. The molecule has 34 heavy (non-hydrogen) atoms. The molecular formula is C24H23N3O5S2. The smallest absolute Gasteiger partial charge is 0.348 e. The third-order valence-corrected chi connectivity index (χ3v) is 6.68. The van der Waals surface area contributed by atoms with Crippen molar-refractivity contribution in [2.45, 2.75) is 13.8 Å². The van der Waals surface area contributed by atoms with E-state index >= 15 is 0 Å². The van der Waals surface area contributed by atoms with E-state index in [1.807, 2.05) is 35.7 Å². The molecule has 0 unspecified atom stereocenters. The van der Waals surface area contributed by atoms with E-state index in [1.54, 1.807) is 13.8 Å². The molecule has 0 bridgehead atoms. The van der Waals surface area contributed by atoms with Crippen molar-refractivity contribution in [3.05, 3.63) is 62.9 Å². The molecule has 0 saturated heterocycles. The number of ether oxygens (including phenoxy) is 3. The number of hydrogen-bond donors (Lipinski definition) is 1. The van der Waals surface area contributed by atoms with Crippen LogP contribution < -0.4 is 5.32 Å². The Labute approximate surface area is 205 Å². The predicted molar refractivity (Wildman–Crippen MR) is 132 cm³/mol. The number of carbonyl (C=O) groups excluding carboxylic acids is 2. The molecule has 3 rings (SSSR count). The number of nitriles is 1. The van der Waals surface area contributed by atoms with Gasteiger partial charge in [-0.1, -0.05) is 30.3 Å². The van der Waals surface area contributed by atoms with Crippen molar-refractivity contribution in [1.82, 2.24) is 4.98 Å². The van der Waals surface area contributed by atoms with Crippen molar-refractivity contribution in [1.29, 1.82) is 5.26 Å². The fourth-order valence-corrected chi connectivity index (χ4v) is 4.81. The van der Waals surface area contributed by atoms with Gasteiger partial charge in [0.1, 0.15) is 33.1 Å². The summed E-state index contributed by atoms with van der Waals surface area (Å²) in [6, 6.07) is 11.8. The second kappa shape index (κ2) is 12.1. The zero-order valence-electron chi connectivity index (χ0n) is 18.9. The molecule has 0 spiro atoms. The first-order valence-electron chi connectivity index (χ1n) is 10.3. The van der Waals surface area contributed by atoms with E-state index in [0.29, 0.717) is 15.6 Å². The Morgan fingerprint density at radius 3 is 2.62 bits per heavy atom. The van der Waals surface area contributed by atoms with Gasteiger partial charge in [0.25, 0.3) is 0 Å². The van der Waals surface area contributed by atoms with Crippen LogP contribution in [0.25, 0.3) is 16.8 Å². The Kier molecular flexibility index (Phi) is 8.93. The summed E-state index contributed by atoms with van der Waals surface area (Å²) in [6.07, 6.45) is 1.47. The van der Waals surface area contributed by atoms with Crippen molar-refractivity contribution in [3.8, 4) is 17.3 Å². The van der Waals surface area contributed by atoms with Gasteiger partial charge in [0.2, 0.25) is 0 Å². The number of anilines is 1. The molecule has 1 N–H and O–H groups in total. The highest BCUT2D eigenvalue weighted by atomic mass is 32.1. The van der Waals surface area contributed by atoms with Crippen LogP contribution in [-0.2, 0) is 14.2 Å². The van der Waals surface area contributed by atoms with E-state index in [1.165, 1.54) is 24.6 Å². The quantitative estimate of drug-likeness (QED) is 0.233. The van der Waals surface area contributed by atoms with Crippen LogP contribution >= 0.6 is 22.7 Å². The molecular weight excluding hydrogens is 474 g/mol. The maximum atomic E-state index is 12.6. The predicted octanol–water partition coefficient (Wildman–Crippen LogP) is 5.14. The van der Waals surface area contributed by atoms with Crippen LogP contribution in [0.2, 0.25) is 0 Å². The first kappa shape index (κ1) is 25.1. The minimum Gasteiger partial charge on any atom is -0.462 e. The summed E-state index contributed by atoms with van der Waals surface area (Å²) in [7, 11) is 1.51. The summed E-state index contributed by atoms with van der Waals surface area (Å²) < 4.78 is 15.3. The van der Waals surface area contributed by atoms with Crippen molar-refractivity contribution < 1.29 is 23.8 Å². The normalized spacial score (nSPS) is 11.1. The third-order valence-electron chi connectivity index (χ3n) is 4.60. The number of esters is 2. The van der Waals surface area contributed by atoms with Gasteiger partial charge in [-0.05, 0) is 19.4 Å². The number of thiazole rings is 1. The molecule has 0 radical (unpaired) electrons. The van der Waals surface area contributed by atoms with E-state index in [4.69, 9.17) is 14.2 Å². The van der Waals surface area contributed by atoms with E-state index < -0.39 is 11.9 Å². The van der Waals surface area contributed by atoms with E-state index in [0.717, 1.165) is 22.6 Å². The van der Waals surface area contributed by atoms with Gasteiger partial charge in [0, 0.05) is 24.3 Å². The number of thiophene rings is 1. The molecule has 0 atom stereocenters. The Morgan fingerprint density at radius 1 is 1.18 bits per heavy atom. The second-order valence-corrected chi connectivity index (χ2v) is 8.71. The minimum absolute atomic E-state index is 0.0937. The average molecular weight is 498 g/mol. The lowest BCUT2D eigenvalue weighted by Gasteiger charge is -2.05. The fraction of sp³-hybridized carbons (Fsp3) is 0.250. The van der Waals surface area contributed by atoms with Gasteiger partial charge >= 0.3 is 11.9 Å². The first-order chi connectivity index (χ1) is 16.5. The molecule has 1 aromatic carbocycles. The molecule has 0 saturated carbocycles. The number of methoxy groups -OCH3 is 1. The molecule has 3 aromatic rings. The lowest BCUT2D eigenvalue weighted by Crippen LogP contribution is -2.11. The maximum Gasteiger partial charge on any atom is 0.348 e. The number of allylic oxidation sites excluding steroid dienone is 1. The van der Waals surface area contributed by atoms with E-state index in [2.05, 4.69) is 16.4 Å². The lowest BCUT2D eigenvalue weighted by atomic mass is 10.1. The van der Waals surface area contributed by atoms with Gasteiger partial charge in [0.15, 0.2) is 0 Å². The molecule has 0 amide bonds. The molecule has 0 aliphatic rings. The molecule has 0 aliphatic carbocycles. The van der Waals surface area contributed by atoms with Crippen molar-refractivity contribution in [2.24, 2.45) is 0 Å². The zero-order valence-corrected chi connectivity index (χ0v) is 20.5. The van der Waals surface area contributed by atoms with Gasteiger partial charge in [-0.15, -0.1) is 22.7 Å². The summed E-state index contributed by atoms with van der Waals surface area (Å²) in [6.45, 7) is 3.90. The largest absolute Gasteiger partial charge is 0.462 e. The standard InChI is InChI=1S/C24H23N3O5S2/c1-4-31-23(28)19-15(2)20(24(29)32-11-10-30-3)34-22(19)26-13-17(12-25)21-27-18(14-33-21)16-8-6-5-7-9-16/h5-9,13-14,26H,4,10-11H2,1-3H3. The van der Waals surface area contributed by atoms with Crippen molar-refractivity contribution >= 4 is 45.2 Å². The number of nitrogens with one attached hydrogen (secondary N) is 1. The first-order valence-corrected chi connectivity index (χ1v) is 12.0. The topological polar surface area (TPSA) is 111 Å². The van der Waals surface area contributed by atoms with Crippen LogP contribution in [0.15, 0.2) is 41.9 Å². The number of aromatic nitrogens is 1. The summed E-state index contributed by atoms with van der Waals surface area (Å²) in [5.74, 6) is -1.13. The number of rotatable bonds is 10. The van der Waals surface area contributed by atoms with Crippen LogP contribution in [0.3, 0.4) is 0 Å². The molecule has 176 valence electrons. The highest BCUT2D eigenvalue weighted by molar-refractivity contribution is 7.18. The molecule has 0 fully saturated rings. The number of hydrogen-bond acceptors (Lipinski definition) is 10. The van der Waals surface area contributed by atoms with Gasteiger partial charge in [0.05, 0.1) is 24.5 Å². The van der Waals surface area contributed by atoms with E-state index in [-0.39, 0.29) is 35.8 Å². The van der Waals surface area contributed by atoms with Crippen LogP contribution in [0.5, 0.6) is 0 Å². The monoisotopic (exact) mass is 497 g/mol. The second-order valence-electron chi connectivity index (χ2n) is 6.83. The van der Waals surface area contributed by atoms with Crippen molar-refractivity contribution in [3.63, 3.8) is 0 Å². The third kappa shape index (κ3) is 5.88. The SMILES string of the molecule is CCOC(=O)c1c(NC=C(C#N)c2nc(-c3ccccc3)cs2)sc(C(=O)OCCOC)c1C. The molecule has 2 heterocycles. The summed E-state index contributed by atoms with van der Waals surface area (Å²) >= 11 is 2.40. The van der Waals surface area contributed by atoms with Crippen LogP contribution in [0.1, 0.15) is 37.5 Å². The Hall–Kier alpha value is -3.52.